The van der Waals surface area contributed by atoms with Gasteiger partial charge in [-0.15, -0.1) is 0 Å². The van der Waals surface area contributed by atoms with Gasteiger partial charge in [0.05, 0.1) is 11.6 Å². The van der Waals surface area contributed by atoms with Crippen LogP contribution in [-0.2, 0) is 4.79 Å². The van der Waals surface area contributed by atoms with E-state index in [9.17, 15) is 4.79 Å². The molecule has 1 heterocycles. The van der Waals surface area contributed by atoms with Gasteiger partial charge >= 0.3 is 0 Å². The summed E-state index contributed by atoms with van der Waals surface area (Å²) in [6, 6.07) is 19.0. The van der Waals surface area contributed by atoms with Crippen LogP contribution in [0.25, 0.3) is 0 Å². The summed E-state index contributed by atoms with van der Waals surface area (Å²) in [5, 5.41) is 11.8. The fourth-order valence-corrected chi connectivity index (χ4v) is 3.09. The molecule has 26 heavy (non-hydrogen) atoms. The molecule has 1 amide bonds. The molecule has 0 aliphatic carbocycles. The van der Waals surface area contributed by atoms with Crippen molar-refractivity contribution in [2.45, 2.75) is 25.4 Å². The molecular weight excluding hydrogens is 326 g/mol. The number of nitrogens with one attached hydrogen (secondary N) is 1. The summed E-state index contributed by atoms with van der Waals surface area (Å²) < 4.78 is 6.00. The van der Waals surface area contributed by atoms with E-state index in [1.807, 2.05) is 30.3 Å². The fourth-order valence-electron chi connectivity index (χ4n) is 3.09. The van der Waals surface area contributed by atoms with Crippen molar-refractivity contribution in [2.75, 3.05) is 25.0 Å². The maximum atomic E-state index is 12.1. The number of nitrogens with zero attached hydrogens (tertiary/aromatic N) is 2. The van der Waals surface area contributed by atoms with Gasteiger partial charge in [0.2, 0.25) is 5.91 Å². The van der Waals surface area contributed by atoms with Gasteiger partial charge in [0, 0.05) is 31.7 Å². The monoisotopic (exact) mass is 349 g/mol. The van der Waals surface area contributed by atoms with Gasteiger partial charge in [-0.1, -0.05) is 24.3 Å². The van der Waals surface area contributed by atoms with Crippen LogP contribution in [0.5, 0.6) is 5.75 Å². The number of piperidine rings is 1. The summed E-state index contributed by atoms with van der Waals surface area (Å²) in [6.07, 6.45) is 2.64. The molecule has 0 unspecified atom stereocenters. The topological polar surface area (TPSA) is 65.4 Å². The average Bonchev–Trinajstić information content (AvgIpc) is 2.68. The third-order valence-corrected chi connectivity index (χ3v) is 4.51. The van der Waals surface area contributed by atoms with Crippen molar-refractivity contribution in [1.29, 1.82) is 5.26 Å². The Kier molecular flexibility index (Phi) is 6.24. The minimum atomic E-state index is -0.0252. The Bertz CT molecular complexity index is 762. The Morgan fingerprint density at radius 2 is 1.92 bits per heavy atom. The number of para-hydroxylation sites is 1. The number of carbonyl (C=O) groups is 1. The number of carbonyl (C=O) groups excluding carboxylic acids is 1. The van der Waals surface area contributed by atoms with Crippen molar-refractivity contribution in [3.63, 3.8) is 0 Å². The lowest BCUT2D eigenvalue weighted by Crippen LogP contribution is -2.39. The number of nitriles is 1. The first-order chi connectivity index (χ1) is 12.7. The Morgan fingerprint density at radius 1 is 1.15 bits per heavy atom. The van der Waals surface area contributed by atoms with Gasteiger partial charge in [-0.3, -0.25) is 4.79 Å². The van der Waals surface area contributed by atoms with E-state index in [1.54, 1.807) is 24.3 Å². The van der Waals surface area contributed by atoms with Crippen molar-refractivity contribution < 1.29 is 9.53 Å². The first-order valence-corrected chi connectivity index (χ1v) is 8.97. The second-order valence-corrected chi connectivity index (χ2v) is 6.46. The summed E-state index contributed by atoms with van der Waals surface area (Å²) in [6.45, 7) is 2.62. The molecular formula is C21H23N3O2. The van der Waals surface area contributed by atoms with Crippen molar-refractivity contribution in [3.05, 3.63) is 60.2 Å². The number of amides is 1. The predicted molar refractivity (Wildman–Crippen MR) is 101 cm³/mol. The second-order valence-electron chi connectivity index (χ2n) is 6.46. The van der Waals surface area contributed by atoms with Crippen molar-refractivity contribution in [2.24, 2.45) is 0 Å². The first kappa shape index (κ1) is 18.0. The van der Waals surface area contributed by atoms with Crippen LogP contribution in [0.1, 0.15) is 24.8 Å². The third kappa shape index (κ3) is 5.33. The van der Waals surface area contributed by atoms with Crippen LogP contribution in [0.2, 0.25) is 0 Å². The molecule has 0 saturated carbocycles. The van der Waals surface area contributed by atoms with Crippen LogP contribution in [0, 0.1) is 11.3 Å². The highest BCUT2D eigenvalue weighted by Crippen LogP contribution is 2.19. The minimum Gasteiger partial charge on any atom is -0.490 e. The largest absolute Gasteiger partial charge is 0.490 e. The number of benzene rings is 2. The highest BCUT2D eigenvalue weighted by atomic mass is 16.5. The molecule has 0 atom stereocenters. The second kappa shape index (κ2) is 9.02. The number of likely N-dealkylation sites (tertiary alicyclic amines) is 1. The van der Waals surface area contributed by atoms with Gasteiger partial charge in [-0.05, 0) is 43.2 Å². The number of hydrogen-bond donors (Lipinski definition) is 1. The van der Waals surface area contributed by atoms with Crippen LogP contribution >= 0.6 is 0 Å². The van der Waals surface area contributed by atoms with E-state index in [4.69, 9.17) is 10.00 Å². The molecule has 5 nitrogen and oxygen atoms in total. The SMILES string of the molecule is N#Cc1cccc(NC(=O)CCN2CCC(Oc3ccccc3)CC2)c1. The normalized spacial score (nSPS) is 15.2. The molecule has 5 heteroatoms. The zero-order valence-electron chi connectivity index (χ0n) is 14.7. The molecule has 1 saturated heterocycles. The lowest BCUT2D eigenvalue weighted by atomic mass is 10.1. The van der Waals surface area contributed by atoms with E-state index in [0.29, 0.717) is 17.7 Å². The maximum Gasteiger partial charge on any atom is 0.225 e. The van der Waals surface area contributed by atoms with Gasteiger partial charge in [-0.2, -0.15) is 5.26 Å². The molecule has 3 rings (SSSR count). The molecule has 0 spiro atoms. The van der Waals surface area contributed by atoms with Gasteiger partial charge in [0.15, 0.2) is 0 Å². The highest BCUT2D eigenvalue weighted by molar-refractivity contribution is 5.90. The van der Waals surface area contributed by atoms with E-state index in [1.165, 1.54) is 0 Å². The van der Waals surface area contributed by atoms with E-state index in [0.717, 1.165) is 38.2 Å². The summed E-state index contributed by atoms with van der Waals surface area (Å²) >= 11 is 0. The van der Waals surface area contributed by atoms with Gasteiger partial charge in [-0.25, -0.2) is 0 Å². The molecule has 2 aromatic carbocycles. The Hall–Kier alpha value is -2.84. The summed E-state index contributed by atoms with van der Waals surface area (Å²) in [4.78, 5) is 14.4. The minimum absolute atomic E-state index is 0.0252. The molecule has 0 aromatic heterocycles. The zero-order chi connectivity index (χ0) is 18.2. The fraction of sp³-hybridized carbons (Fsp3) is 0.333. The Morgan fingerprint density at radius 3 is 2.65 bits per heavy atom. The van der Waals surface area contributed by atoms with Crippen molar-refractivity contribution in [1.82, 2.24) is 4.90 Å². The van der Waals surface area contributed by atoms with E-state index < -0.39 is 0 Å². The van der Waals surface area contributed by atoms with Crippen LogP contribution in [-0.4, -0.2) is 36.5 Å². The predicted octanol–water partition coefficient (Wildman–Crippen LogP) is 3.43. The summed E-state index contributed by atoms with van der Waals surface area (Å²) in [5.41, 5.74) is 1.22. The molecule has 1 N–H and O–H groups in total. The van der Waals surface area contributed by atoms with E-state index >= 15 is 0 Å². The molecule has 1 aliphatic heterocycles. The number of rotatable bonds is 6. The Balaban J connectivity index is 1.38. The lowest BCUT2D eigenvalue weighted by Gasteiger charge is -2.32. The summed E-state index contributed by atoms with van der Waals surface area (Å²) in [7, 11) is 0. The Labute approximate surface area is 154 Å². The average molecular weight is 349 g/mol. The quantitative estimate of drug-likeness (QED) is 0.868. The third-order valence-electron chi connectivity index (χ3n) is 4.51. The zero-order valence-corrected chi connectivity index (χ0v) is 14.7. The lowest BCUT2D eigenvalue weighted by molar-refractivity contribution is -0.116. The van der Waals surface area contributed by atoms with Crippen LogP contribution in [0.4, 0.5) is 5.69 Å². The van der Waals surface area contributed by atoms with Gasteiger partial charge < -0.3 is 15.0 Å². The highest BCUT2D eigenvalue weighted by Gasteiger charge is 2.20. The number of hydrogen-bond acceptors (Lipinski definition) is 4. The van der Waals surface area contributed by atoms with Crippen LogP contribution in [0.3, 0.4) is 0 Å². The molecule has 2 aromatic rings. The number of ether oxygens (including phenoxy) is 1. The maximum absolute atomic E-state index is 12.1. The molecule has 1 aliphatic rings. The summed E-state index contributed by atoms with van der Waals surface area (Å²) in [5.74, 6) is 0.896. The van der Waals surface area contributed by atoms with E-state index in [-0.39, 0.29) is 12.0 Å². The molecule has 0 bridgehead atoms. The van der Waals surface area contributed by atoms with Gasteiger partial charge in [0.25, 0.3) is 0 Å². The number of anilines is 1. The van der Waals surface area contributed by atoms with Crippen LogP contribution in [0.15, 0.2) is 54.6 Å². The molecule has 1 fully saturated rings. The standard InChI is InChI=1S/C21H23N3O2/c22-16-17-5-4-6-18(15-17)23-21(25)11-14-24-12-9-20(10-13-24)26-19-7-2-1-3-8-19/h1-8,15,20H,9-14H2,(H,23,25). The first-order valence-electron chi connectivity index (χ1n) is 8.97. The molecule has 134 valence electrons. The molecule has 0 radical (unpaired) electrons. The van der Waals surface area contributed by atoms with Gasteiger partial charge in [0.1, 0.15) is 11.9 Å². The smallest absolute Gasteiger partial charge is 0.225 e. The van der Waals surface area contributed by atoms with E-state index in [2.05, 4.69) is 16.3 Å². The van der Waals surface area contributed by atoms with Crippen molar-refractivity contribution >= 4 is 11.6 Å². The van der Waals surface area contributed by atoms with Crippen molar-refractivity contribution in [3.8, 4) is 11.8 Å². The van der Waals surface area contributed by atoms with Crippen LogP contribution < -0.4 is 10.1 Å².